The molecule has 10 rings (SSSR count). The number of hydrogen-bond acceptors (Lipinski definition) is 12. The first kappa shape index (κ1) is 40.7. The number of nitrogens with one attached hydrogen (secondary N) is 4. The Labute approximate surface area is 368 Å². The molecule has 12 nitrogen and oxygen atoms in total. The van der Waals surface area contributed by atoms with Crippen LogP contribution < -0.4 is 21.3 Å². The minimum atomic E-state index is -0.158. The van der Waals surface area contributed by atoms with Crippen LogP contribution in [0.5, 0.6) is 0 Å². The van der Waals surface area contributed by atoms with Crippen LogP contribution >= 0.6 is 0 Å². The van der Waals surface area contributed by atoms with E-state index in [0.29, 0.717) is 93.4 Å². The number of carbonyl (C=O) groups is 4. The van der Waals surface area contributed by atoms with E-state index in [4.69, 9.17) is 0 Å². The van der Waals surface area contributed by atoms with E-state index in [1.807, 2.05) is 72.8 Å². The zero-order chi connectivity index (χ0) is 43.8. The number of hydrogen-bond donors (Lipinski definition) is 4. The molecule has 64 heavy (non-hydrogen) atoms. The zero-order valence-corrected chi connectivity index (χ0v) is 34.4. The lowest BCUT2D eigenvalue weighted by Crippen LogP contribution is -2.24. The molecule has 0 aliphatic heterocycles. The molecule has 4 aromatic heterocycles. The summed E-state index contributed by atoms with van der Waals surface area (Å²) in [6.07, 6.45) is 13.9. The highest BCUT2D eigenvalue weighted by atomic mass is 16.1. The Balaban J connectivity index is 0.000000162. The van der Waals surface area contributed by atoms with Crippen molar-refractivity contribution in [2.24, 2.45) is 0 Å². The minimum Gasteiger partial charge on any atom is -0.380 e. The Bertz CT molecular complexity index is 2610. The maximum Gasteiger partial charge on any atom is 0.196 e. The molecule has 4 N–H and O–H groups in total. The lowest BCUT2D eigenvalue weighted by Gasteiger charge is -2.24. The highest BCUT2D eigenvalue weighted by Crippen LogP contribution is 2.38. The summed E-state index contributed by atoms with van der Waals surface area (Å²) in [6, 6.07) is 36.6. The topological polar surface area (TPSA) is 168 Å². The quantitative estimate of drug-likeness (QED) is 0.0924. The van der Waals surface area contributed by atoms with E-state index in [9.17, 15) is 19.2 Å². The number of carbonyl (C=O) groups excluding carboxylic acids is 4. The number of anilines is 4. The van der Waals surface area contributed by atoms with Crippen LogP contribution in [-0.4, -0.2) is 43.1 Å². The van der Waals surface area contributed by atoms with Crippen LogP contribution in [0.15, 0.2) is 171 Å². The van der Waals surface area contributed by atoms with E-state index < -0.39 is 0 Å². The monoisotopic (exact) mass is 840 g/mol. The molecular formula is C52H40N8O4. The second-order valence-electron chi connectivity index (χ2n) is 15.1. The van der Waals surface area contributed by atoms with Crippen molar-refractivity contribution >= 4 is 45.9 Å². The summed E-state index contributed by atoms with van der Waals surface area (Å²) in [7, 11) is 0. The lowest BCUT2D eigenvalue weighted by molar-refractivity contribution is 0.0980. The average Bonchev–Trinajstić information content (AvgIpc) is 3.36. The van der Waals surface area contributed by atoms with E-state index >= 15 is 0 Å². The number of fused-ring (bicyclic) bond motifs is 4. The van der Waals surface area contributed by atoms with Crippen LogP contribution in [0, 0.1) is 0 Å². The van der Waals surface area contributed by atoms with E-state index in [1.165, 1.54) is 0 Å². The average molecular weight is 841 g/mol. The van der Waals surface area contributed by atoms with Crippen molar-refractivity contribution in [3.05, 3.63) is 238 Å². The van der Waals surface area contributed by atoms with Gasteiger partial charge in [-0.25, -0.2) is 0 Å². The van der Waals surface area contributed by atoms with Gasteiger partial charge in [0.15, 0.2) is 23.1 Å². The molecule has 2 aliphatic carbocycles. The third-order valence-electron chi connectivity index (χ3n) is 11.0. The number of aromatic nitrogens is 4. The van der Waals surface area contributed by atoms with Gasteiger partial charge in [0.25, 0.3) is 0 Å². The first-order chi connectivity index (χ1) is 31.4. The van der Waals surface area contributed by atoms with Crippen molar-refractivity contribution in [3.63, 3.8) is 0 Å². The zero-order valence-electron chi connectivity index (χ0n) is 34.4. The molecule has 0 saturated heterocycles. The first-order valence-electron chi connectivity index (χ1n) is 20.7. The highest BCUT2D eigenvalue weighted by Gasteiger charge is 2.35. The molecular weight excluding hydrogens is 801 g/mol. The smallest absolute Gasteiger partial charge is 0.196 e. The molecule has 0 radical (unpaired) electrons. The molecule has 0 unspecified atom stereocenters. The standard InChI is InChI=1S/2C26H20N4O2/c2*31-25-19-7-1-2-8-20(19)26(32)24-22(30-16-18-6-4-12-28-14-18)10-9-21(23(24)25)29-15-17-5-3-11-27-13-17/h2*1-14,29-30H,15-16H2. The van der Waals surface area contributed by atoms with Crippen LogP contribution in [0.2, 0.25) is 0 Å². The first-order valence-corrected chi connectivity index (χ1v) is 20.7. The fraction of sp³-hybridized carbons (Fsp3) is 0.0769. The Hall–Kier alpha value is -8.64. The summed E-state index contributed by atoms with van der Waals surface area (Å²) in [5, 5.41) is 13.3. The highest BCUT2D eigenvalue weighted by molar-refractivity contribution is 6.33. The Morgan fingerprint density at radius 3 is 0.734 bits per heavy atom. The van der Waals surface area contributed by atoms with Gasteiger partial charge in [0.2, 0.25) is 0 Å². The lowest BCUT2D eigenvalue weighted by atomic mass is 9.82. The molecule has 0 atom stereocenters. The molecule has 0 saturated carbocycles. The summed E-state index contributed by atoms with van der Waals surface area (Å²) in [5.74, 6) is -0.634. The number of pyridine rings is 4. The second-order valence-corrected chi connectivity index (χ2v) is 15.1. The van der Waals surface area contributed by atoms with Crippen molar-refractivity contribution in [3.8, 4) is 0 Å². The van der Waals surface area contributed by atoms with E-state index in [0.717, 1.165) is 22.3 Å². The summed E-state index contributed by atoms with van der Waals surface area (Å²) in [6.45, 7) is 1.97. The number of rotatable bonds is 12. The predicted octanol–water partition coefficient (Wildman–Crippen LogP) is 8.95. The molecule has 12 heteroatoms. The predicted molar refractivity (Wildman–Crippen MR) is 246 cm³/mol. The summed E-state index contributed by atoms with van der Waals surface area (Å²) in [4.78, 5) is 70.4. The Kier molecular flexibility index (Phi) is 11.8. The summed E-state index contributed by atoms with van der Waals surface area (Å²) < 4.78 is 0. The molecule has 8 aromatic rings. The van der Waals surface area contributed by atoms with Crippen LogP contribution in [0.1, 0.15) is 85.9 Å². The Morgan fingerprint density at radius 2 is 0.531 bits per heavy atom. The third-order valence-corrected chi connectivity index (χ3v) is 11.0. The maximum absolute atomic E-state index is 13.5. The van der Waals surface area contributed by atoms with E-state index in [2.05, 4.69) is 41.2 Å². The van der Waals surface area contributed by atoms with Crippen molar-refractivity contribution in [2.75, 3.05) is 21.3 Å². The fourth-order valence-corrected chi connectivity index (χ4v) is 7.83. The molecule has 0 amide bonds. The number of nitrogens with zero attached hydrogens (tertiary/aromatic N) is 4. The summed E-state index contributed by atoms with van der Waals surface area (Å²) in [5.41, 5.74) is 9.75. The van der Waals surface area contributed by atoms with Gasteiger partial charge in [-0.05, 0) is 70.8 Å². The van der Waals surface area contributed by atoms with Gasteiger partial charge in [-0.15, -0.1) is 0 Å². The molecule has 0 fully saturated rings. The molecule has 4 heterocycles. The molecule has 2 aliphatic rings. The maximum atomic E-state index is 13.5. The van der Waals surface area contributed by atoms with E-state index in [1.54, 1.807) is 98.1 Å². The van der Waals surface area contributed by atoms with Crippen LogP contribution in [-0.2, 0) is 26.2 Å². The van der Waals surface area contributed by atoms with Gasteiger partial charge in [0.1, 0.15) is 0 Å². The van der Waals surface area contributed by atoms with Crippen molar-refractivity contribution in [2.45, 2.75) is 26.2 Å². The van der Waals surface area contributed by atoms with E-state index in [-0.39, 0.29) is 23.1 Å². The molecule has 312 valence electrons. The normalized spacial score (nSPS) is 12.1. The molecule has 4 aromatic carbocycles. The van der Waals surface area contributed by atoms with Crippen LogP contribution in [0.4, 0.5) is 22.7 Å². The number of ketones is 4. The third kappa shape index (κ3) is 8.48. The second kappa shape index (κ2) is 18.5. The molecule has 0 bridgehead atoms. The summed E-state index contributed by atoms with van der Waals surface area (Å²) >= 11 is 0. The Morgan fingerprint density at radius 1 is 0.297 bits per heavy atom. The minimum absolute atomic E-state index is 0.158. The van der Waals surface area contributed by atoms with Crippen molar-refractivity contribution in [1.82, 2.24) is 19.9 Å². The van der Waals surface area contributed by atoms with Gasteiger partial charge in [-0.1, -0.05) is 72.8 Å². The van der Waals surface area contributed by atoms with Gasteiger partial charge in [-0.2, -0.15) is 0 Å². The van der Waals surface area contributed by atoms with Crippen LogP contribution in [0.3, 0.4) is 0 Å². The largest absolute Gasteiger partial charge is 0.380 e. The van der Waals surface area contributed by atoms with Gasteiger partial charge in [-0.3, -0.25) is 39.1 Å². The van der Waals surface area contributed by atoms with Gasteiger partial charge >= 0.3 is 0 Å². The number of benzene rings is 4. The van der Waals surface area contributed by atoms with Crippen LogP contribution in [0.25, 0.3) is 0 Å². The van der Waals surface area contributed by atoms with Gasteiger partial charge in [0, 0.05) is 121 Å². The van der Waals surface area contributed by atoms with Crippen molar-refractivity contribution < 1.29 is 19.2 Å². The fourth-order valence-electron chi connectivity index (χ4n) is 7.83. The van der Waals surface area contributed by atoms with Gasteiger partial charge < -0.3 is 21.3 Å². The van der Waals surface area contributed by atoms with Gasteiger partial charge in [0.05, 0.1) is 22.3 Å². The molecule has 0 spiro atoms. The SMILES string of the molecule is O=C1c2ccccc2C(=O)c2c(NCc3cccnc3)ccc(NCc3cccnc3)c21.O=C1c2ccccc2C(=O)c2c(NCc3cccnc3)ccc(NCc3cccnc3)c21. The van der Waals surface area contributed by atoms with Crippen molar-refractivity contribution in [1.29, 1.82) is 0 Å².